The van der Waals surface area contributed by atoms with Crippen LogP contribution in [0.1, 0.15) is 10.4 Å². The van der Waals surface area contributed by atoms with Crippen LogP contribution in [0.15, 0.2) is 49.2 Å². The Labute approximate surface area is 155 Å². The third-order valence-electron chi connectivity index (χ3n) is 3.25. The normalized spacial score (nSPS) is 11.3. The number of amides is 1. The minimum absolute atomic E-state index is 0.124. The van der Waals surface area contributed by atoms with E-state index in [1.165, 1.54) is 35.5 Å². The first-order chi connectivity index (χ1) is 12.8. The maximum absolute atomic E-state index is 12.4. The van der Waals surface area contributed by atoms with Crippen LogP contribution in [0.4, 0.5) is 18.9 Å². The number of carbonyl (C=O) groups is 1. The summed E-state index contributed by atoms with van der Waals surface area (Å²) in [6.45, 7) is -1.46. The Morgan fingerprint density at radius 1 is 1.26 bits per heavy atom. The highest BCUT2D eigenvalue weighted by molar-refractivity contribution is 6.31. The molecule has 0 spiro atoms. The molecular formula is C16H11ClF3N5O2. The second-order valence-electron chi connectivity index (χ2n) is 5.24. The molecule has 0 saturated carbocycles. The number of hydrogen-bond donors (Lipinski definition) is 1. The van der Waals surface area contributed by atoms with Gasteiger partial charge in [0.25, 0.3) is 5.91 Å². The summed E-state index contributed by atoms with van der Waals surface area (Å²) < 4.78 is 42.4. The van der Waals surface area contributed by atoms with Gasteiger partial charge in [-0.15, -0.1) is 0 Å². The van der Waals surface area contributed by atoms with Crippen molar-refractivity contribution in [2.45, 2.75) is 6.18 Å². The van der Waals surface area contributed by atoms with Gasteiger partial charge in [0, 0.05) is 17.3 Å². The fourth-order valence-corrected chi connectivity index (χ4v) is 2.26. The van der Waals surface area contributed by atoms with E-state index < -0.39 is 18.7 Å². The molecule has 27 heavy (non-hydrogen) atoms. The molecule has 140 valence electrons. The molecule has 1 N–H and O–H groups in total. The third-order valence-corrected chi connectivity index (χ3v) is 3.49. The number of carbonyl (C=O) groups excluding carboxylic acids is 1. The molecule has 2 heterocycles. The molecule has 3 rings (SSSR count). The van der Waals surface area contributed by atoms with Crippen LogP contribution < -0.4 is 10.1 Å². The number of nitrogens with one attached hydrogen (secondary N) is 1. The molecule has 7 nitrogen and oxygen atoms in total. The van der Waals surface area contributed by atoms with Crippen molar-refractivity contribution in [3.63, 3.8) is 0 Å². The molecule has 0 aliphatic rings. The van der Waals surface area contributed by atoms with Gasteiger partial charge in [0.05, 0.1) is 16.9 Å². The number of benzene rings is 1. The summed E-state index contributed by atoms with van der Waals surface area (Å²) in [4.78, 5) is 20.0. The number of aromatic nitrogens is 4. The van der Waals surface area contributed by atoms with E-state index >= 15 is 0 Å². The Bertz CT molecular complexity index is 930. The smallest absolute Gasteiger partial charge is 0.422 e. The van der Waals surface area contributed by atoms with E-state index in [0.717, 1.165) is 6.20 Å². The van der Waals surface area contributed by atoms with Gasteiger partial charge in [0.15, 0.2) is 6.61 Å². The lowest BCUT2D eigenvalue weighted by molar-refractivity contribution is -0.154. The molecule has 0 atom stereocenters. The summed E-state index contributed by atoms with van der Waals surface area (Å²) in [5.74, 6) is -0.775. The van der Waals surface area contributed by atoms with Crippen molar-refractivity contribution in [3.8, 4) is 11.6 Å². The molecule has 3 aromatic rings. The Morgan fingerprint density at radius 3 is 2.70 bits per heavy atom. The fourth-order valence-electron chi connectivity index (χ4n) is 2.09. The molecule has 1 amide bonds. The number of alkyl halides is 3. The van der Waals surface area contributed by atoms with Crippen molar-refractivity contribution in [1.82, 2.24) is 19.7 Å². The average Bonchev–Trinajstić information content (AvgIpc) is 3.14. The number of rotatable bonds is 5. The quantitative estimate of drug-likeness (QED) is 0.712. The van der Waals surface area contributed by atoms with Gasteiger partial charge in [0.2, 0.25) is 5.88 Å². The Kier molecular flexibility index (Phi) is 5.26. The number of halogens is 4. The van der Waals surface area contributed by atoms with Crippen LogP contribution in [0.5, 0.6) is 5.88 Å². The Balaban J connectivity index is 1.75. The predicted octanol–water partition coefficient (Wildman–Crippen LogP) is 3.51. The van der Waals surface area contributed by atoms with E-state index in [1.807, 2.05) is 0 Å². The highest BCUT2D eigenvalue weighted by atomic mass is 35.5. The van der Waals surface area contributed by atoms with E-state index in [0.29, 0.717) is 16.4 Å². The van der Waals surface area contributed by atoms with E-state index in [9.17, 15) is 18.0 Å². The van der Waals surface area contributed by atoms with Crippen LogP contribution in [0.3, 0.4) is 0 Å². The largest absolute Gasteiger partial charge is 0.468 e. The number of pyridine rings is 1. The Hall–Kier alpha value is -3.14. The molecule has 0 unspecified atom stereocenters. The monoisotopic (exact) mass is 397 g/mol. The molecule has 0 aliphatic heterocycles. The van der Waals surface area contributed by atoms with Crippen molar-refractivity contribution in [2.24, 2.45) is 0 Å². The van der Waals surface area contributed by atoms with Gasteiger partial charge < -0.3 is 10.1 Å². The van der Waals surface area contributed by atoms with Crippen LogP contribution in [-0.2, 0) is 0 Å². The standard InChI is InChI=1S/C16H11ClF3N5O2/c17-11-2-3-13(25-9-21-8-23-25)12(5-11)24-15(26)10-1-4-14(22-6-10)27-7-16(18,19)20/h1-6,8-9H,7H2,(H,24,26). The summed E-state index contributed by atoms with van der Waals surface area (Å²) >= 11 is 5.98. The molecule has 0 saturated heterocycles. The number of ether oxygens (including phenoxy) is 1. The second-order valence-corrected chi connectivity index (χ2v) is 5.68. The first kappa shape index (κ1) is 18.6. The second kappa shape index (κ2) is 7.62. The van der Waals surface area contributed by atoms with E-state index in [2.05, 4.69) is 25.1 Å². The number of anilines is 1. The molecule has 0 aliphatic carbocycles. The molecule has 0 bridgehead atoms. The van der Waals surface area contributed by atoms with E-state index in [4.69, 9.17) is 11.6 Å². The molecule has 11 heteroatoms. The first-order valence-electron chi connectivity index (χ1n) is 7.43. The number of hydrogen-bond acceptors (Lipinski definition) is 5. The molecule has 2 aromatic heterocycles. The van der Waals surface area contributed by atoms with Crippen molar-refractivity contribution < 1.29 is 22.7 Å². The van der Waals surface area contributed by atoms with Crippen LogP contribution in [-0.4, -0.2) is 38.4 Å². The van der Waals surface area contributed by atoms with Crippen LogP contribution in [0.25, 0.3) is 5.69 Å². The van der Waals surface area contributed by atoms with E-state index in [-0.39, 0.29) is 11.4 Å². The fraction of sp³-hybridized carbons (Fsp3) is 0.125. The zero-order valence-corrected chi connectivity index (χ0v) is 14.2. The van der Waals surface area contributed by atoms with Gasteiger partial charge in [-0.2, -0.15) is 18.3 Å². The summed E-state index contributed by atoms with van der Waals surface area (Å²) in [6, 6.07) is 7.29. The lowest BCUT2D eigenvalue weighted by Crippen LogP contribution is -2.20. The van der Waals surface area contributed by atoms with Crippen molar-refractivity contribution >= 4 is 23.2 Å². The van der Waals surface area contributed by atoms with Gasteiger partial charge >= 0.3 is 6.18 Å². The molecule has 1 aromatic carbocycles. The summed E-state index contributed by atoms with van der Waals surface area (Å²) in [7, 11) is 0. The summed E-state index contributed by atoms with van der Waals surface area (Å²) in [5, 5.41) is 7.05. The van der Waals surface area contributed by atoms with Crippen molar-refractivity contribution in [3.05, 3.63) is 59.8 Å². The molecule has 0 radical (unpaired) electrons. The predicted molar refractivity (Wildman–Crippen MR) is 90.1 cm³/mol. The van der Waals surface area contributed by atoms with Gasteiger partial charge in [-0.1, -0.05) is 11.6 Å². The maximum atomic E-state index is 12.4. The first-order valence-corrected chi connectivity index (χ1v) is 7.81. The minimum atomic E-state index is -4.47. The van der Waals surface area contributed by atoms with Crippen LogP contribution in [0.2, 0.25) is 5.02 Å². The van der Waals surface area contributed by atoms with Crippen LogP contribution in [0, 0.1) is 0 Å². The average molecular weight is 398 g/mol. The van der Waals surface area contributed by atoms with Crippen molar-refractivity contribution in [1.29, 1.82) is 0 Å². The molecule has 0 fully saturated rings. The highest BCUT2D eigenvalue weighted by Crippen LogP contribution is 2.24. The third kappa shape index (κ3) is 4.94. The minimum Gasteiger partial charge on any atom is -0.468 e. The lowest BCUT2D eigenvalue weighted by Gasteiger charge is -2.12. The van der Waals surface area contributed by atoms with Gasteiger partial charge in [-0.25, -0.2) is 14.6 Å². The van der Waals surface area contributed by atoms with Crippen LogP contribution >= 0.6 is 11.6 Å². The van der Waals surface area contributed by atoms with Gasteiger partial charge in [-0.3, -0.25) is 4.79 Å². The van der Waals surface area contributed by atoms with Gasteiger partial charge in [-0.05, 0) is 24.3 Å². The SMILES string of the molecule is O=C(Nc1cc(Cl)ccc1-n1cncn1)c1ccc(OCC(F)(F)F)nc1. The zero-order valence-electron chi connectivity index (χ0n) is 13.4. The summed E-state index contributed by atoms with van der Waals surface area (Å²) in [5.41, 5.74) is 1.03. The molecular weight excluding hydrogens is 387 g/mol. The highest BCUT2D eigenvalue weighted by Gasteiger charge is 2.28. The van der Waals surface area contributed by atoms with E-state index in [1.54, 1.807) is 12.1 Å². The van der Waals surface area contributed by atoms with Crippen molar-refractivity contribution in [2.75, 3.05) is 11.9 Å². The Morgan fingerprint density at radius 2 is 2.07 bits per heavy atom. The lowest BCUT2D eigenvalue weighted by atomic mass is 10.2. The summed E-state index contributed by atoms with van der Waals surface area (Å²) in [6.07, 6.45) is -0.570. The van der Waals surface area contributed by atoms with Gasteiger partial charge in [0.1, 0.15) is 12.7 Å². The maximum Gasteiger partial charge on any atom is 0.422 e. The topological polar surface area (TPSA) is 81.9 Å². The number of nitrogens with zero attached hydrogens (tertiary/aromatic N) is 4. The zero-order chi connectivity index (χ0) is 19.4.